The van der Waals surface area contributed by atoms with Crippen LogP contribution in [-0.2, 0) is 0 Å². The first kappa shape index (κ1) is 18.1. The van der Waals surface area contributed by atoms with E-state index in [4.69, 9.17) is 0 Å². The Labute approximate surface area is 154 Å². The number of aromatic nitrogens is 1. The fourth-order valence-electron chi connectivity index (χ4n) is 3.12. The first-order valence-electron chi connectivity index (χ1n) is 9.20. The van der Waals surface area contributed by atoms with Crippen LogP contribution in [-0.4, -0.2) is 34.8 Å². The number of carbonyl (C=O) groups is 2. The van der Waals surface area contributed by atoms with Crippen LogP contribution in [0.1, 0.15) is 65.3 Å². The van der Waals surface area contributed by atoms with Crippen LogP contribution < -0.4 is 5.32 Å². The number of amides is 2. The Balaban J connectivity index is 1.70. The molecule has 1 N–H and O–H groups in total. The van der Waals surface area contributed by atoms with Gasteiger partial charge in [-0.05, 0) is 48.9 Å². The first-order valence-corrected chi connectivity index (χ1v) is 9.20. The van der Waals surface area contributed by atoms with Crippen LogP contribution in [0, 0.1) is 0 Å². The summed E-state index contributed by atoms with van der Waals surface area (Å²) in [4.78, 5) is 31.0. The monoisotopic (exact) mass is 351 g/mol. The molecule has 5 heteroatoms. The van der Waals surface area contributed by atoms with Gasteiger partial charge in [0.25, 0.3) is 11.8 Å². The molecule has 1 aliphatic rings. The number of piperidine rings is 1. The van der Waals surface area contributed by atoms with E-state index < -0.39 is 0 Å². The Morgan fingerprint density at radius 2 is 1.65 bits per heavy atom. The molecular weight excluding hydrogens is 326 g/mol. The second kappa shape index (κ2) is 8.13. The summed E-state index contributed by atoms with van der Waals surface area (Å²) in [5.74, 6) is 0.137. The second-order valence-corrected chi connectivity index (χ2v) is 7.05. The fourth-order valence-corrected chi connectivity index (χ4v) is 3.12. The minimum Gasteiger partial charge on any atom is -0.339 e. The Bertz CT molecular complexity index is 778. The number of benzene rings is 1. The number of nitrogens with zero attached hydrogens (tertiary/aromatic N) is 2. The maximum atomic E-state index is 12.6. The Kier molecular flexibility index (Phi) is 5.66. The largest absolute Gasteiger partial charge is 0.339 e. The molecule has 136 valence electrons. The van der Waals surface area contributed by atoms with E-state index in [0.717, 1.165) is 31.6 Å². The lowest BCUT2D eigenvalue weighted by Crippen LogP contribution is -2.35. The van der Waals surface area contributed by atoms with Crippen molar-refractivity contribution in [2.45, 2.75) is 39.0 Å². The molecule has 0 atom stereocenters. The summed E-state index contributed by atoms with van der Waals surface area (Å²) in [6, 6.07) is 9.43. The van der Waals surface area contributed by atoms with Crippen LogP contribution in [0.15, 0.2) is 42.7 Å². The molecule has 1 saturated heterocycles. The molecule has 0 aliphatic carbocycles. The van der Waals surface area contributed by atoms with Gasteiger partial charge in [0.2, 0.25) is 0 Å². The third kappa shape index (κ3) is 4.28. The maximum Gasteiger partial charge on any atom is 0.257 e. The zero-order chi connectivity index (χ0) is 18.5. The second-order valence-electron chi connectivity index (χ2n) is 7.05. The summed E-state index contributed by atoms with van der Waals surface area (Å²) >= 11 is 0. The predicted molar refractivity (Wildman–Crippen MR) is 102 cm³/mol. The number of nitrogens with one attached hydrogen (secondary N) is 1. The summed E-state index contributed by atoms with van der Waals surface area (Å²) in [5.41, 5.74) is 2.81. The zero-order valence-corrected chi connectivity index (χ0v) is 15.4. The van der Waals surface area contributed by atoms with Crippen molar-refractivity contribution in [1.29, 1.82) is 0 Å². The van der Waals surface area contributed by atoms with E-state index in [-0.39, 0.29) is 11.8 Å². The molecule has 3 rings (SSSR count). The average molecular weight is 351 g/mol. The van der Waals surface area contributed by atoms with E-state index in [2.05, 4.69) is 24.1 Å². The Hall–Kier alpha value is -2.69. The highest BCUT2D eigenvalue weighted by Crippen LogP contribution is 2.18. The minimum absolute atomic E-state index is 0.0480. The highest BCUT2D eigenvalue weighted by atomic mass is 16.2. The average Bonchev–Trinajstić information content (AvgIpc) is 2.68. The molecule has 2 heterocycles. The molecule has 1 fully saturated rings. The lowest BCUT2D eigenvalue weighted by atomic mass is 10.0. The van der Waals surface area contributed by atoms with Crippen molar-refractivity contribution in [3.63, 3.8) is 0 Å². The molecule has 0 unspecified atom stereocenters. The van der Waals surface area contributed by atoms with Gasteiger partial charge in [0.1, 0.15) is 0 Å². The first-order chi connectivity index (χ1) is 12.5. The van der Waals surface area contributed by atoms with Gasteiger partial charge in [0, 0.05) is 31.2 Å². The number of likely N-dealkylation sites (tertiary alicyclic amines) is 1. The number of rotatable bonds is 4. The molecule has 0 spiro atoms. The van der Waals surface area contributed by atoms with Crippen LogP contribution in [0.4, 0.5) is 5.69 Å². The molecule has 0 bridgehead atoms. The van der Waals surface area contributed by atoms with Gasteiger partial charge >= 0.3 is 0 Å². The predicted octanol–water partition coefficient (Wildman–Crippen LogP) is 4.08. The third-order valence-corrected chi connectivity index (χ3v) is 4.73. The Morgan fingerprint density at radius 1 is 1.00 bits per heavy atom. The van der Waals surface area contributed by atoms with Crippen molar-refractivity contribution >= 4 is 17.5 Å². The molecule has 0 saturated carbocycles. The van der Waals surface area contributed by atoms with Crippen molar-refractivity contribution in [1.82, 2.24) is 9.88 Å². The standard InChI is InChI=1S/C21H25N3O2/c1-15(2)16-6-8-19(9-7-16)23-20(25)17-12-18(14-22-13-17)21(26)24-10-4-3-5-11-24/h6-9,12-15H,3-5,10-11H2,1-2H3,(H,23,25). The molecule has 0 radical (unpaired) electrons. The van der Waals surface area contributed by atoms with Crippen LogP contribution >= 0.6 is 0 Å². The van der Waals surface area contributed by atoms with E-state index in [1.807, 2.05) is 29.2 Å². The molecule has 1 aliphatic heterocycles. The molecule has 2 aromatic rings. The van der Waals surface area contributed by atoms with Crippen molar-refractivity contribution in [3.8, 4) is 0 Å². The summed E-state index contributed by atoms with van der Waals surface area (Å²) in [6.07, 6.45) is 6.26. The number of carbonyl (C=O) groups excluding carboxylic acids is 2. The van der Waals surface area contributed by atoms with Gasteiger partial charge in [-0.2, -0.15) is 0 Å². The van der Waals surface area contributed by atoms with Gasteiger partial charge in [0.05, 0.1) is 11.1 Å². The van der Waals surface area contributed by atoms with Gasteiger partial charge in [0.15, 0.2) is 0 Å². The summed E-state index contributed by atoms with van der Waals surface area (Å²) in [7, 11) is 0. The summed E-state index contributed by atoms with van der Waals surface area (Å²) < 4.78 is 0. The van der Waals surface area contributed by atoms with E-state index in [0.29, 0.717) is 17.0 Å². The van der Waals surface area contributed by atoms with Crippen molar-refractivity contribution in [2.75, 3.05) is 18.4 Å². The van der Waals surface area contributed by atoms with Gasteiger partial charge in [-0.15, -0.1) is 0 Å². The molecule has 1 aromatic carbocycles. The number of hydrogen-bond acceptors (Lipinski definition) is 3. The van der Waals surface area contributed by atoms with Gasteiger partial charge in [-0.1, -0.05) is 26.0 Å². The van der Waals surface area contributed by atoms with Crippen molar-refractivity contribution in [3.05, 3.63) is 59.4 Å². The highest BCUT2D eigenvalue weighted by Gasteiger charge is 2.19. The molecular formula is C21H25N3O2. The van der Waals surface area contributed by atoms with E-state index >= 15 is 0 Å². The van der Waals surface area contributed by atoms with E-state index in [1.165, 1.54) is 24.4 Å². The third-order valence-electron chi connectivity index (χ3n) is 4.73. The van der Waals surface area contributed by atoms with Crippen LogP contribution in [0.5, 0.6) is 0 Å². The number of hydrogen-bond donors (Lipinski definition) is 1. The van der Waals surface area contributed by atoms with E-state index in [1.54, 1.807) is 6.07 Å². The molecule has 26 heavy (non-hydrogen) atoms. The lowest BCUT2D eigenvalue weighted by Gasteiger charge is -2.26. The topological polar surface area (TPSA) is 62.3 Å². The van der Waals surface area contributed by atoms with Crippen LogP contribution in [0.25, 0.3) is 0 Å². The number of anilines is 1. The molecule has 5 nitrogen and oxygen atoms in total. The number of pyridine rings is 1. The maximum absolute atomic E-state index is 12.6. The normalized spacial score (nSPS) is 14.3. The minimum atomic E-state index is -0.261. The quantitative estimate of drug-likeness (QED) is 0.903. The molecule has 2 amide bonds. The summed E-state index contributed by atoms with van der Waals surface area (Å²) in [5, 5.41) is 2.87. The smallest absolute Gasteiger partial charge is 0.257 e. The zero-order valence-electron chi connectivity index (χ0n) is 15.4. The van der Waals surface area contributed by atoms with Crippen LogP contribution in [0.2, 0.25) is 0 Å². The van der Waals surface area contributed by atoms with Gasteiger partial charge < -0.3 is 10.2 Å². The van der Waals surface area contributed by atoms with Gasteiger partial charge in [-0.25, -0.2) is 0 Å². The highest BCUT2D eigenvalue weighted by molar-refractivity contribution is 6.05. The summed E-state index contributed by atoms with van der Waals surface area (Å²) in [6.45, 7) is 5.81. The lowest BCUT2D eigenvalue weighted by molar-refractivity contribution is 0.0724. The van der Waals surface area contributed by atoms with Crippen molar-refractivity contribution < 1.29 is 9.59 Å². The van der Waals surface area contributed by atoms with Crippen LogP contribution in [0.3, 0.4) is 0 Å². The van der Waals surface area contributed by atoms with Crippen molar-refractivity contribution in [2.24, 2.45) is 0 Å². The van der Waals surface area contributed by atoms with Gasteiger partial charge in [-0.3, -0.25) is 14.6 Å². The fraction of sp³-hybridized carbons (Fsp3) is 0.381. The Morgan fingerprint density at radius 3 is 2.31 bits per heavy atom. The SMILES string of the molecule is CC(C)c1ccc(NC(=O)c2cncc(C(=O)N3CCCCC3)c2)cc1. The van der Waals surface area contributed by atoms with E-state index in [9.17, 15) is 9.59 Å². The molecule has 1 aromatic heterocycles.